The summed E-state index contributed by atoms with van der Waals surface area (Å²) in [5.41, 5.74) is 0.618. The number of likely N-dealkylation sites (tertiary alicyclic amines) is 1. The van der Waals surface area contributed by atoms with E-state index in [0.29, 0.717) is 6.54 Å². The summed E-state index contributed by atoms with van der Waals surface area (Å²) in [6, 6.07) is 4.92. The Morgan fingerprint density at radius 3 is 2.95 bits per heavy atom. The first-order chi connectivity index (χ1) is 10.2. The van der Waals surface area contributed by atoms with Crippen LogP contribution in [-0.2, 0) is 11.3 Å². The van der Waals surface area contributed by atoms with Crippen molar-refractivity contribution in [1.29, 1.82) is 0 Å². The van der Waals surface area contributed by atoms with Crippen LogP contribution < -0.4 is 10.1 Å². The van der Waals surface area contributed by atoms with E-state index < -0.39 is 0 Å². The molecule has 4 nitrogen and oxygen atoms in total. The molecule has 0 radical (unpaired) electrons. The molecule has 1 N–H and O–H groups in total. The van der Waals surface area contributed by atoms with Crippen molar-refractivity contribution in [2.24, 2.45) is 0 Å². The number of ether oxygens (including phenoxy) is 1. The Morgan fingerprint density at radius 2 is 2.19 bits per heavy atom. The Kier molecular flexibility index (Phi) is 3.85. The van der Waals surface area contributed by atoms with Gasteiger partial charge in [-0.25, -0.2) is 4.39 Å². The molecule has 2 aliphatic heterocycles. The highest BCUT2D eigenvalue weighted by molar-refractivity contribution is 5.87. The summed E-state index contributed by atoms with van der Waals surface area (Å²) in [6.07, 6.45) is 3.88. The lowest BCUT2D eigenvalue weighted by molar-refractivity contribution is -0.134. The molecule has 1 aromatic rings. The molecule has 0 bridgehead atoms. The van der Waals surface area contributed by atoms with Crippen molar-refractivity contribution in [3.8, 4) is 5.75 Å². The Labute approximate surface area is 124 Å². The van der Waals surface area contributed by atoms with Gasteiger partial charge in [-0.2, -0.15) is 0 Å². The van der Waals surface area contributed by atoms with Crippen LogP contribution in [0.1, 0.15) is 31.2 Å². The van der Waals surface area contributed by atoms with E-state index in [1.165, 1.54) is 13.2 Å². The second-order valence-corrected chi connectivity index (χ2v) is 5.89. The number of nitrogens with one attached hydrogen (secondary N) is 1. The van der Waals surface area contributed by atoms with Crippen molar-refractivity contribution in [3.63, 3.8) is 0 Å². The summed E-state index contributed by atoms with van der Waals surface area (Å²) < 4.78 is 18.5. The molecular formula is C16H21FN2O2. The predicted octanol–water partition coefficient (Wildman–Crippen LogP) is 2.08. The summed E-state index contributed by atoms with van der Waals surface area (Å²) >= 11 is 0. The Hall–Kier alpha value is -1.62. The van der Waals surface area contributed by atoms with E-state index in [-0.39, 0.29) is 23.0 Å². The molecule has 0 aromatic heterocycles. The number of carbonyl (C=O) groups excluding carboxylic acids is 1. The summed E-state index contributed by atoms with van der Waals surface area (Å²) in [5.74, 6) is 0.0574. The highest BCUT2D eigenvalue weighted by Gasteiger charge is 2.48. The van der Waals surface area contributed by atoms with Gasteiger partial charge in [-0.3, -0.25) is 9.69 Å². The molecule has 1 unspecified atom stereocenters. The molecule has 1 atom stereocenters. The number of halogens is 1. The van der Waals surface area contributed by atoms with Crippen LogP contribution in [0.4, 0.5) is 4.39 Å². The van der Waals surface area contributed by atoms with Crippen molar-refractivity contribution in [1.82, 2.24) is 10.2 Å². The second kappa shape index (κ2) is 5.64. The lowest BCUT2D eigenvalue weighted by atomic mass is 9.86. The molecule has 1 spiro atoms. The molecule has 0 aliphatic carbocycles. The van der Waals surface area contributed by atoms with E-state index in [1.807, 2.05) is 0 Å². The highest BCUT2D eigenvalue weighted by atomic mass is 19.1. The summed E-state index contributed by atoms with van der Waals surface area (Å²) in [4.78, 5) is 14.6. The third kappa shape index (κ3) is 2.50. The fraction of sp³-hybridized carbons (Fsp3) is 0.562. The van der Waals surface area contributed by atoms with Crippen molar-refractivity contribution >= 4 is 5.91 Å². The van der Waals surface area contributed by atoms with Crippen LogP contribution in [0, 0.1) is 5.82 Å². The number of hydrogen-bond donors (Lipinski definition) is 1. The summed E-state index contributed by atoms with van der Waals surface area (Å²) in [7, 11) is 1.47. The molecule has 2 fully saturated rings. The van der Waals surface area contributed by atoms with Gasteiger partial charge in [-0.05, 0) is 49.9 Å². The van der Waals surface area contributed by atoms with Gasteiger partial charge in [-0.15, -0.1) is 0 Å². The van der Waals surface area contributed by atoms with Crippen molar-refractivity contribution in [2.45, 2.75) is 37.8 Å². The van der Waals surface area contributed by atoms with Gasteiger partial charge in [0.25, 0.3) is 0 Å². The number of methoxy groups -OCH3 is 1. The van der Waals surface area contributed by atoms with Crippen molar-refractivity contribution in [2.75, 3.05) is 20.2 Å². The van der Waals surface area contributed by atoms with Gasteiger partial charge in [0.05, 0.1) is 7.11 Å². The van der Waals surface area contributed by atoms with Crippen LogP contribution in [-0.4, -0.2) is 36.5 Å². The molecule has 0 saturated carbocycles. The molecule has 114 valence electrons. The molecule has 2 aliphatic rings. The zero-order valence-corrected chi connectivity index (χ0v) is 12.3. The minimum Gasteiger partial charge on any atom is -0.494 e. The zero-order chi connectivity index (χ0) is 14.9. The monoisotopic (exact) mass is 292 g/mol. The maximum atomic E-state index is 13.5. The second-order valence-electron chi connectivity index (χ2n) is 5.89. The van der Waals surface area contributed by atoms with Crippen LogP contribution in [0.5, 0.6) is 5.75 Å². The van der Waals surface area contributed by atoms with E-state index in [9.17, 15) is 9.18 Å². The fourth-order valence-electron chi connectivity index (χ4n) is 3.59. The van der Waals surface area contributed by atoms with Gasteiger partial charge < -0.3 is 10.1 Å². The molecule has 21 heavy (non-hydrogen) atoms. The van der Waals surface area contributed by atoms with Crippen LogP contribution in [0.25, 0.3) is 0 Å². The molecule has 3 rings (SSSR count). The number of amides is 1. The third-order valence-electron chi connectivity index (χ3n) is 4.69. The summed E-state index contributed by atoms with van der Waals surface area (Å²) in [6.45, 7) is 2.34. The Morgan fingerprint density at radius 1 is 1.38 bits per heavy atom. The van der Waals surface area contributed by atoms with Crippen LogP contribution in [0.2, 0.25) is 0 Å². The first kappa shape index (κ1) is 14.3. The SMILES string of the molecule is COc1cc(CN2CCCC23CCCNC3=O)ccc1F. The number of rotatable bonds is 3. The van der Waals surface area contributed by atoms with Gasteiger partial charge in [0.15, 0.2) is 11.6 Å². The average Bonchev–Trinajstić information content (AvgIpc) is 2.88. The predicted molar refractivity (Wildman–Crippen MR) is 77.6 cm³/mol. The zero-order valence-electron chi connectivity index (χ0n) is 12.3. The molecule has 5 heteroatoms. The largest absolute Gasteiger partial charge is 0.494 e. The number of benzene rings is 1. The van der Waals surface area contributed by atoms with Gasteiger partial charge in [0.2, 0.25) is 5.91 Å². The average molecular weight is 292 g/mol. The van der Waals surface area contributed by atoms with Crippen LogP contribution >= 0.6 is 0 Å². The van der Waals surface area contributed by atoms with E-state index in [1.54, 1.807) is 12.1 Å². The number of piperidine rings is 1. The van der Waals surface area contributed by atoms with E-state index >= 15 is 0 Å². The van der Waals surface area contributed by atoms with Crippen LogP contribution in [0.3, 0.4) is 0 Å². The molecule has 2 saturated heterocycles. The van der Waals surface area contributed by atoms with E-state index in [0.717, 1.165) is 44.3 Å². The third-order valence-corrected chi connectivity index (χ3v) is 4.69. The molecule has 2 heterocycles. The standard InChI is InChI=1S/C16H21FN2O2/c1-21-14-10-12(4-5-13(14)17)11-19-9-3-7-16(19)6-2-8-18-15(16)20/h4-5,10H,2-3,6-9,11H2,1H3,(H,18,20). The molecular weight excluding hydrogens is 271 g/mol. The minimum absolute atomic E-state index is 0.153. The Bertz CT molecular complexity index is 549. The number of carbonyl (C=O) groups is 1. The smallest absolute Gasteiger partial charge is 0.240 e. The lowest BCUT2D eigenvalue weighted by Gasteiger charge is -2.40. The minimum atomic E-state index is -0.361. The molecule has 1 aromatic carbocycles. The van der Waals surface area contributed by atoms with Gasteiger partial charge in [0.1, 0.15) is 5.54 Å². The van der Waals surface area contributed by atoms with Gasteiger partial charge >= 0.3 is 0 Å². The van der Waals surface area contributed by atoms with Crippen LogP contribution in [0.15, 0.2) is 18.2 Å². The normalized spacial score (nSPS) is 26.1. The summed E-state index contributed by atoms with van der Waals surface area (Å²) in [5, 5.41) is 3.00. The van der Waals surface area contributed by atoms with E-state index in [2.05, 4.69) is 10.2 Å². The lowest BCUT2D eigenvalue weighted by Crippen LogP contribution is -2.58. The first-order valence-corrected chi connectivity index (χ1v) is 7.51. The quantitative estimate of drug-likeness (QED) is 0.927. The van der Waals surface area contributed by atoms with Crippen molar-refractivity contribution in [3.05, 3.63) is 29.6 Å². The number of nitrogens with zero attached hydrogens (tertiary/aromatic N) is 1. The van der Waals surface area contributed by atoms with Gasteiger partial charge in [0, 0.05) is 13.1 Å². The van der Waals surface area contributed by atoms with Gasteiger partial charge in [-0.1, -0.05) is 6.07 Å². The fourth-order valence-corrected chi connectivity index (χ4v) is 3.59. The number of hydrogen-bond acceptors (Lipinski definition) is 3. The van der Waals surface area contributed by atoms with Crippen molar-refractivity contribution < 1.29 is 13.9 Å². The molecule has 1 amide bonds. The maximum absolute atomic E-state index is 13.5. The first-order valence-electron chi connectivity index (χ1n) is 7.51. The maximum Gasteiger partial charge on any atom is 0.240 e. The highest BCUT2D eigenvalue weighted by Crippen LogP contribution is 2.37. The topological polar surface area (TPSA) is 41.6 Å². The van der Waals surface area contributed by atoms with E-state index in [4.69, 9.17) is 4.74 Å². The Balaban J connectivity index is 1.82.